The van der Waals surface area contributed by atoms with Gasteiger partial charge < -0.3 is 28.8 Å². The fraction of sp³-hybridized carbons (Fsp3) is 0.853. The van der Waals surface area contributed by atoms with Crippen LogP contribution in [0.3, 0.4) is 0 Å². The molecule has 1 unspecified atom stereocenters. The molecule has 7 rings (SSSR count). The van der Waals surface area contributed by atoms with E-state index >= 15 is 0 Å². The molecule has 0 aromatic heterocycles. The van der Waals surface area contributed by atoms with Crippen molar-refractivity contribution in [1.82, 2.24) is 0 Å². The summed E-state index contributed by atoms with van der Waals surface area (Å²) in [5.74, 6) is -1.83. The molecule has 0 amide bonds. The first-order chi connectivity index (χ1) is 20.4. The van der Waals surface area contributed by atoms with Crippen LogP contribution in [0.15, 0.2) is 12.2 Å². The van der Waals surface area contributed by atoms with Crippen molar-refractivity contribution in [2.45, 2.75) is 140 Å². The van der Waals surface area contributed by atoms with Gasteiger partial charge in [0, 0.05) is 37.0 Å². The van der Waals surface area contributed by atoms with Gasteiger partial charge in [0.25, 0.3) is 5.97 Å². The second-order valence-corrected chi connectivity index (χ2v) is 16.9. The molecule has 10 heteroatoms. The van der Waals surface area contributed by atoms with Gasteiger partial charge in [0.2, 0.25) is 0 Å². The highest BCUT2D eigenvalue weighted by Gasteiger charge is 2.79. The van der Waals surface area contributed by atoms with Crippen molar-refractivity contribution in [2.24, 2.45) is 34.5 Å². The largest absolute Gasteiger partial charge is 0.462 e. The van der Waals surface area contributed by atoms with E-state index in [4.69, 9.17) is 23.7 Å². The summed E-state index contributed by atoms with van der Waals surface area (Å²) in [6.45, 7) is 13.9. The van der Waals surface area contributed by atoms with Crippen LogP contribution in [0.2, 0.25) is 0 Å². The Morgan fingerprint density at radius 2 is 1.77 bits per heavy atom. The van der Waals surface area contributed by atoms with Crippen LogP contribution in [0, 0.1) is 34.5 Å². The van der Waals surface area contributed by atoms with E-state index in [0.29, 0.717) is 19.3 Å². The van der Waals surface area contributed by atoms with Crippen molar-refractivity contribution < 1.29 is 43.2 Å². The highest BCUT2D eigenvalue weighted by molar-refractivity contribution is 8.13. The molecule has 2 bridgehead atoms. The van der Waals surface area contributed by atoms with E-state index in [1.54, 1.807) is 12.3 Å². The Balaban J connectivity index is 1.22. The average Bonchev–Trinajstić information content (AvgIpc) is 3.57. The molecule has 13 atom stereocenters. The van der Waals surface area contributed by atoms with Gasteiger partial charge in [-0.2, -0.15) is 0 Å². The molecule has 0 radical (unpaired) electrons. The van der Waals surface area contributed by atoms with E-state index in [0.717, 1.165) is 31.0 Å². The topological polar surface area (TPSA) is 121 Å². The molecule has 6 fully saturated rings. The molecule has 44 heavy (non-hydrogen) atoms. The molecular formula is C34H48O9S. The minimum atomic E-state index is -1.49. The lowest BCUT2D eigenvalue weighted by molar-refractivity contribution is -0.396. The summed E-state index contributed by atoms with van der Waals surface area (Å²) >= 11 is 1.13. The Bertz CT molecular complexity index is 1330. The lowest BCUT2D eigenvalue weighted by atomic mass is 9.44. The third-order valence-electron chi connectivity index (χ3n) is 13.9. The van der Waals surface area contributed by atoms with Crippen LogP contribution in [0.4, 0.5) is 0 Å². The van der Waals surface area contributed by atoms with E-state index in [1.807, 2.05) is 20.8 Å². The minimum Gasteiger partial charge on any atom is -0.462 e. The fourth-order valence-corrected chi connectivity index (χ4v) is 11.4. The monoisotopic (exact) mass is 632 g/mol. The van der Waals surface area contributed by atoms with Crippen LogP contribution in [-0.4, -0.2) is 74.9 Å². The first kappa shape index (κ1) is 31.3. The molecule has 1 spiro atoms. The van der Waals surface area contributed by atoms with Gasteiger partial charge in [-0.1, -0.05) is 38.6 Å². The summed E-state index contributed by atoms with van der Waals surface area (Å²) in [7, 11) is 0. The Morgan fingerprint density at radius 3 is 2.45 bits per heavy atom. The number of carbonyl (C=O) groups excluding carboxylic acids is 3. The maximum atomic E-state index is 12.9. The second kappa shape index (κ2) is 9.41. The molecule has 3 heterocycles. The lowest BCUT2D eigenvalue weighted by Gasteiger charge is -2.61. The number of carbonyl (C=O) groups is 3. The van der Waals surface area contributed by atoms with Crippen molar-refractivity contribution in [3.8, 4) is 0 Å². The molecule has 0 aromatic carbocycles. The van der Waals surface area contributed by atoms with Crippen LogP contribution < -0.4 is 0 Å². The third kappa shape index (κ3) is 3.87. The first-order valence-corrected chi connectivity index (χ1v) is 17.6. The minimum absolute atomic E-state index is 0.00417. The number of hydrogen-bond donors (Lipinski definition) is 1. The van der Waals surface area contributed by atoms with Gasteiger partial charge in [-0.3, -0.25) is 14.4 Å². The van der Waals surface area contributed by atoms with Crippen LogP contribution in [0.1, 0.15) is 93.4 Å². The summed E-state index contributed by atoms with van der Waals surface area (Å²) in [4.78, 5) is 37.7. The van der Waals surface area contributed by atoms with Crippen molar-refractivity contribution in [1.29, 1.82) is 0 Å². The molecule has 9 nitrogen and oxygen atoms in total. The number of fused-ring (bicyclic) bond motifs is 6. The number of hydrogen-bond acceptors (Lipinski definition) is 10. The van der Waals surface area contributed by atoms with E-state index < -0.39 is 46.0 Å². The highest BCUT2D eigenvalue weighted by Crippen LogP contribution is 2.73. The summed E-state index contributed by atoms with van der Waals surface area (Å²) < 4.78 is 31.8. The molecule has 7 aliphatic rings. The van der Waals surface area contributed by atoms with Crippen molar-refractivity contribution in [3.63, 3.8) is 0 Å². The Labute approximate surface area is 264 Å². The average molecular weight is 633 g/mol. The summed E-state index contributed by atoms with van der Waals surface area (Å²) in [5.41, 5.74) is -3.90. The van der Waals surface area contributed by atoms with E-state index in [-0.39, 0.29) is 58.5 Å². The van der Waals surface area contributed by atoms with Crippen LogP contribution in [0.25, 0.3) is 0 Å². The zero-order valence-electron chi connectivity index (χ0n) is 27.3. The number of epoxide rings is 1. The predicted molar refractivity (Wildman–Crippen MR) is 161 cm³/mol. The smallest absolute Gasteiger partial charge is 0.302 e. The Kier molecular flexibility index (Phi) is 6.69. The number of ketones is 1. The van der Waals surface area contributed by atoms with Gasteiger partial charge in [0.15, 0.2) is 17.0 Å². The van der Waals surface area contributed by atoms with Crippen LogP contribution >= 0.6 is 11.8 Å². The number of ether oxygens (including phenoxy) is 5. The van der Waals surface area contributed by atoms with Gasteiger partial charge in [-0.25, -0.2) is 0 Å². The van der Waals surface area contributed by atoms with E-state index in [9.17, 15) is 19.5 Å². The zero-order valence-corrected chi connectivity index (χ0v) is 28.1. The normalized spacial score (nSPS) is 53.6. The standard InChI is InChI=1S/C34H48O9S/c1-18(23-15-31(7)28(3,4)42-34(40-23,43-31)17-25(37)44-8)32(38)14-10-20-26-21(9-12-29(20,32)5)30(6)13-11-22(36)27-33(30,41-27)16-24(26)39-19(2)35/h11,13,18,20-21,23-24,26-27,38H,9-10,12,14-17H2,1-8H3/t18-,20+,21+,23-,24-,26+,27+,29+,30-,31-,32-,33+,34?/m1/s1. The highest BCUT2D eigenvalue weighted by atomic mass is 32.2. The maximum absolute atomic E-state index is 12.9. The fourth-order valence-electron chi connectivity index (χ4n) is 11.1. The maximum Gasteiger partial charge on any atom is 0.302 e. The van der Waals surface area contributed by atoms with Crippen LogP contribution in [-0.2, 0) is 38.1 Å². The number of esters is 1. The summed E-state index contributed by atoms with van der Waals surface area (Å²) in [6, 6.07) is 0. The molecule has 4 aliphatic carbocycles. The number of thioether (sulfide) groups is 1. The SMILES string of the molecule is CSC(=O)CC12O[C@@H]([C@@H](C)[C@]3(O)CC[C@H]4[C@@H]5[C@H](OC(C)=O)C[C@]67O[C@H]6C(=O)C=C[C@]7(C)[C@H]5CC[C@@]43C)C[C@@](C)(O1)C(C)(C)O2. The summed E-state index contributed by atoms with van der Waals surface area (Å²) in [6.07, 6.45) is 8.26. The third-order valence-corrected chi connectivity index (χ3v) is 14.5. The quantitative estimate of drug-likeness (QED) is 0.337. The molecule has 1 N–H and O–H groups in total. The van der Waals surface area contributed by atoms with Gasteiger partial charge in [-0.15, -0.1) is 0 Å². The lowest BCUT2D eigenvalue weighted by Crippen LogP contribution is -2.65. The first-order valence-electron chi connectivity index (χ1n) is 16.4. The Morgan fingerprint density at radius 1 is 1.07 bits per heavy atom. The molecular weight excluding hydrogens is 584 g/mol. The van der Waals surface area contributed by atoms with Gasteiger partial charge in [0.05, 0.1) is 23.7 Å². The second-order valence-electron chi connectivity index (χ2n) is 16.0. The van der Waals surface area contributed by atoms with Gasteiger partial charge in [0.1, 0.15) is 17.3 Å². The molecule has 244 valence electrons. The van der Waals surface area contributed by atoms with Crippen molar-refractivity contribution in [3.05, 3.63) is 12.2 Å². The van der Waals surface area contributed by atoms with E-state index in [1.165, 1.54) is 6.92 Å². The summed E-state index contributed by atoms with van der Waals surface area (Å²) in [5, 5.41) is 12.8. The van der Waals surface area contributed by atoms with Crippen molar-refractivity contribution in [2.75, 3.05) is 6.26 Å². The van der Waals surface area contributed by atoms with Crippen LogP contribution in [0.5, 0.6) is 0 Å². The molecule has 3 aliphatic heterocycles. The predicted octanol–water partition coefficient (Wildman–Crippen LogP) is 4.72. The molecule has 0 aromatic rings. The van der Waals surface area contributed by atoms with Gasteiger partial charge in [-0.05, 0) is 76.0 Å². The van der Waals surface area contributed by atoms with Crippen molar-refractivity contribution >= 4 is 28.6 Å². The van der Waals surface area contributed by atoms with E-state index in [2.05, 4.69) is 26.8 Å². The molecule has 3 saturated heterocycles. The number of aliphatic hydroxyl groups is 1. The number of rotatable bonds is 5. The Hall–Kier alpha value is -1.30. The zero-order chi connectivity index (χ0) is 31.9. The van der Waals surface area contributed by atoms with Gasteiger partial charge >= 0.3 is 5.97 Å². The molecule has 3 saturated carbocycles.